The molecule has 0 aliphatic heterocycles. The van der Waals surface area contributed by atoms with E-state index < -0.39 is 6.10 Å². The molecule has 0 spiro atoms. The van der Waals surface area contributed by atoms with Gasteiger partial charge in [-0.1, -0.05) is 0 Å². The van der Waals surface area contributed by atoms with Crippen LogP contribution < -0.4 is 5.32 Å². The van der Waals surface area contributed by atoms with Crippen LogP contribution in [0.1, 0.15) is 17.4 Å². The molecule has 0 amide bonds. The van der Waals surface area contributed by atoms with Crippen LogP contribution in [0.15, 0.2) is 16.7 Å². The zero-order valence-electron chi connectivity index (χ0n) is 7.91. The molecule has 1 rings (SSSR count). The first kappa shape index (κ1) is 10.2. The Balaban J connectivity index is 2.68. The summed E-state index contributed by atoms with van der Waals surface area (Å²) < 4.78 is 10.1. The molecule has 2 N–H and O–H groups in total. The minimum absolute atomic E-state index is 0.465. The number of aliphatic hydroxyl groups excluding tert-OH is 1. The Bertz CT molecular complexity index is 247. The third-order valence-electron chi connectivity index (χ3n) is 1.78. The molecule has 0 aromatic carbocycles. The van der Waals surface area contributed by atoms with Crippen LogP contribution >= 0.6 is 0 Å². The van der Waals surface area contributed by atoms with Gasteiger partial charge in [0.25, 0.3) is 0 Å². The minimum Gasteiger partial charge on any atom is -0.466 e. The van der Waals surface area contributed by atoms with E-state index in [4.69, 9.17) is 9.15 Å². The van der Waals surface area contributed by atoms with Crippen molar-refractivity contribution in [3.05, 3.63) is 23.7 Å². The van der Waals surface area contributed by atoms with Crippen molar-refractivity contribution in [2.24, 2.45) is 0 Å². The molecular weight excluding hydrogens is 170 g/mol. The zero-order valence-corrected chi connectivity index (χ0v) is 7.91. The highest BCUT2D eigenvalue weighted by atomic mass is 16.5. The fraction of sp³-hybridized carbons (Fsp3) is 0.556. The molecule has 0 aliphatic rings. The quantitative estimate of drug-likeness (QED) is 0.708. The van der Waals surface area contributed by atoms with Crippen molar-refractivity contribution in [2.45, 2.75) is 12.7 Å². The van der Waals surface area contributed by atoms with Crippen LogP contribution in [0.25, 0.3) is 0 Å². The van der Waals surface area contributed by atoms with Crippen LogP contribution in [-0.4, -0.2) is 25.8 Å². The molecule has 0 aliphatic carbocycles. The van der Waals surface area contributed by atoms with Crippen LogP contribution in [0.4, 0.5) is 0 Å². The normalized spacial score (nSPS) is 13.2. The minimum atomic E-state index is -0.606. The van der Waals surface area contributed by atoms with E-state index in [1.54, 1.807) is 26.5 Å². The molecule has 0 fully saturated rings. The zero-order chi connectivity index (χ0) is 9.68. The molecule has 1 aromatic rings. The van der Waals surface area contributed by atoms with Crippen LogP contribution in [0.2, 0.25) is 0 Å². The first-order valence-corrected chi connectivity index (χ1v) is 4.17. The van der Waals surface area contributed by atoms with Gasteiger partial charge in [0.15, 0.2) is 0 Å². The maximum Gasteiger partial charge on any atom is 0.139 e. The summed E-state index contributed by atoms with van der Waals surface area (Å²) in [7, 11) is 3.39. The average molecular weight is 185 g/mol. The predicted octanol–water partition coefficient (Wildman–Crippen LogP) is 0.679. The van der Waals surface area contributed by atoms with E-state index in [1.807, 2.05) is 0 Å². The molecule has 1 heterocycles. The van der Waals surface area contributed by atoms with Crippen LogP contribution in [0.3, 0.4) is 0 Å². The largest absolute Gasteiger partial charge is 0.466 e. The number of rotatable bonds is 5. The van der Waals surface area contributed by atoms with Crippen LogP contribution in [-0.2, 0) is 11.3 Å². The van der Waals surface area contributed by atoms with Crippen LogP contribution in [0.5, 0.6) is 0 Å². The van der Waals surface area contributed by atoms with Gasteiger partial charge in [0.05, 0.1) is 12.9 Å². The molecule has 0 saturated carbocycles. The standard InChI is InChI=1S/C9H15NO3/c1-10-5-8(11)9-7(6-12-2)3-4-13-9/h3-4,8,10-11H,5-6H2,1-2H3. The Labute approximate surface area is 77.5 Å². The Morgan fingerprint density at radius 1 is 1.69 bits per heavy atom. The Kier molecular flexibility index (Phi) is 3.95. The van der Waals surface area contributed by atoms with Crippen molar-refractivity contribution in [3.63, 3.8) is 0 Å². The summed E-state index contributed by atoms with van der Waals surface area (Å²) in [6, 6.07) is 1.80. The maximum atomic E-state index is 9.61. The van der Waals surface area contributed by atoms with Crippen molar-refractivity contribution in [2.75, 3.05) is 20.7 Å². The summed E-state index contributed by atoms with van der Waals surface area (Å²) in [6.45, 7) is 0.941. The van der Waals surface area contributed by atoms with E-state index in [0.29, 0.717) is 18.9 Å². The van der Waals surface area contributed by atoms with Gasteiger partial charge < -0.3 is 19.6 Å². The Hall–Kier alpha value is -0.840. The van der Waals surface area contributed by atoms with Gasteiger partial charge in [-0.15, -0.1) is 0 Å². The first-order valence-electron chi connectivity index (χ1n) is 4.17. The van der Waals surface area contributed by atoms with Gasteiger partial charge in [-0.05, 0) is 13.1 Å². The number of likely N-dealkylation sites (N-methyl/N-ethyl adjacent to an activating group) is 1. The van der Waals surface area contributed by atoms with Gasteiger partial charge in [0.1, 0.15) is 11.9 Å². The number of aliphatic hydroxyl groups is 1. The van der Waals surface area contributed by atoms with E-state index in [-0.39, 0.29) is 0 Å². The van der Waals surface area contributed by atoms with Crippen molar-refractivity contribution in [1.82, 2.24) is 5.32 Å². The number of hydrogen-bond acceptors (Lipinski definition) is 4. The smallest absolute Gasteiger partial charge is 0.139 e. The second-order valence-electron chi connectivity index (χ2n) is 2.82. The predicted molar refractivity (Wildman–Crippen MR) is 48.3 cm³/mol. The molecule has 4 nitrogen and oxygen atoms in total. The van der Waals surface area contributed by atoms with Gasteiger partial charge in [-0.2, -0.15) is 0 Å². The topological polar surface area (TPSA) is 54.6 Å². The van der Waals surface area contributed by atoms with Crippen molar-refractivity contribution < 1.29 is 14.3 Å². The average Bonchev–Trinajstić information content (AvgIpc) is 2.54. The Morgan fingerprint density at radius 2 is 2.46 bits per heavy atom. The van der Waals surface area contributed by atoms with Crippen LogP contribution in [0, 0.1) is 0 Å². The van der Waals surface area contributed by atoms with Gasteiger partial charge >= 0.3 is 0 Å². The van der Waals surface area contributed by atoms with Gasteiger partial charge in [-0.25, -0.2) is 0 Å². The van der Waals surface area contributed by atoms with Crippen molar-refractivity contribution >= 4 is 0 Å². The van der Waals surface area contributed by atoms with Gasteiger partial charge in [-0.3, -0.25) is 0 Å². The second-order valence-corrected chi connectivity index (χ2v) is 2.82. The molecule has 74 valence electrons. The number of methoxy groups -OCH3 is 1. The molecule has 0 bridgehead atoms. The second kappa shape index (κ2) is 5.01. The number of furan rings is 1. The SMILES string of the molecule is CNCC(O)c1occc1COC. The molecule has 13 heavy (non-hydrogen) atoms. The molecule has 1 atom stereocenters. The van der Waals surface area contributed by atoms with E-state index in [0.717, 1.165) is 5.56 Å². The fourth-order valence-electron chi connectivity index (χ4n) is 1.20. The molecule has 0 saturated heterocycles. The van der Waals surface area contributed by atoms with Gasteiger partial charge in [0.2, 0.25) is 0 Å². The molecule has 4 heteroatoms. The van der Waals surface area contributed by atoms with E-state index >= 15 is 0 Å². The highest BCUT2D eigenvalue weighted by Gasteiger charge is 2.14. The molecule has 1 unspecified atom stereocenters. The van der Waals surface area contributed by atoms with Crippen molar-refractivity contribution in [3.8, 4) is 0 Å². The Morgan fingerprint density at radius 3 is 3.08 bits per heavy atom. The summed E-state index contributed by atoms with van der Waals surface area (Å²) in [5.74, 6) is 0.580. The summed E-state index contributed by atoms with van der Waals surface area (Å²) in [5.41, 5.74) is 0.894. The third-order valence-corrected chi connectivity index (χ3v) is 1.78. The fourth-order valence-corrected chi connectivity index (χ4v) is 1.20. The lowest BCUT2D eigenvalue weighted by Crippen LogP contribution is -2.17. The molecule has 1 aromatic heterocycles. The van der Waals surface area contributed by atoms with Gasteiger partial charge in [0, 0.05) is 19.2 Å². The summed E-state index contributed by atoms with van der Waals surface area (Å²) in [6.07, 6.45) is 0.952. The summed E-state index contributed by atoms with van der Waals surface area (Å²) in [5, 5.41) is 12.5. The molecular formula is C9H15NO3. The first-order chi connectivity index (χ1) is 6.29. The lowest BCUT2D eigenvalue weighted by atomic mass is 10.2. The lowest BCUT2D eigenvalue weighted by Gasteiger charge is -2.08. The highest BCUT2D eigenvalue weighted by Crippen LogP contribution is 2.19. The third kappa shape index (κ3) is 2.55. The monoisotopic (exact) mass is 185 g/mol. The maximum absolute atomic E-state index is 9.61. The van der Waals surface area contributed by atoms with E-state index in [1.165, 1.54) is 0 Å². The highest BCUT2D eigenvalue weighted by molar-refractivity contribution is 5.18. The summed E-state index contributed by atoms with van der Waals surface area (Å²) in [4.78, 5) is 0. The number of nitrogens with one attached hydrogen (secondary N) is 1. The van der Waals surface area contributed by atoms with E-state index in [9.17, 15) is 5.11 Å². The number of hydrogen-bond donors (Lipinski definition) is 2. The number of ether oxygens (including phenoxy) is 1. The van der Waals surface area contributed by atoms with Crippen molar-refractivity contribution in [1.29, 1.82) is 0 Å². The lowest BCUT2D eigenvalue weighted by molar-refractivity contribution is 0.138. The van der Waals surface area contributed by atoms with E-state index in [2.05, 4.69) is 5.32 Å². The molecule has 0 radical (unpaired) electrons. The summed E-state index contributed by atoms with van der Waals surface area (Å²) >= 11 is 0.